The van der Waals surface area contributed by atoms with Gasteiger partial charge in [-0.05, 0) is 66.7 Å². The number of phenols is 1. The van der Waals surface area contributed by atoms with E-state index in [0.717, 1.165) is 12.1 Å². The van der Waals surface area contributed by atoms with E-state index in [1.54, 1.807) is 24.3 Å². The average molecular weight is 512 g/mol. The van der Waals surface area contributed by atoms with Crippen LogP contribution >= 0.6 is 11.6 Å². The molecule has 0 saturated heterocycles. The second kappa shape index (κ2) is 8.85. The Morgan fingerprint density at radius 1 is 1.00 bits per heavy atom. The fourth-order valence-corrected chi connectivity index (χ4v) is 4.62. The normalized spacial score (nSPS) is 11.5. The molecule has 0 spiro atoms. The number of halogens is 2. The van der Waals surface area contributed by atoms with Gasteiger partial charge in [-0.15, -0.1) is 0 Å². The zero-order valence-electron chi connectivity index (χ0n) is 17.6. The standard InChI is InChI=1S/C23H15ClFN5O4S/c24-14-3-10-19(25)20(11-14)35(32,33)30-15-4-1-13(2-5-15)21-27-22-18(12-26-29-22)23(28-21)34-17-8-6-16(31)7-9-17/h1-12,30-31H,(H,26,27,28,29). The largest absolute Gasteiger partial charge is 0.508 e. The van der Waals surface area contributed by atoms with Crippen LogP contribution in [0.5, 0.6) is 17.4 Å². The summed E-state index contributed by atoms with van der Waals surface area (Å²) in [5, 5.41) is 16.9. The lowest BCUT2D eigenvalue weighted by atomic mass is 10.2. The number of H-pyrrole nitrogens is 1. The molecule has 2 heterocycles. The number of benzene rings is 3. The van der Waals surface area contributed by atoms with Crippen LogP contribution in [0.3, 0.4) is 0 Å². The average Bonchev–Trinajstić information content (AvgIpc) is 3.31. The summed E-state index contributed by atoms with van der Waals surface area (Å²) in [6.07, 6.45) is 1.53. The molecule has 9 nitrogen and oxygen atoms in total. The van der Waals surface area contributed by atoms with Crippen molar-refractivity contribution < 1.29 is 22.7 Å². The zero-order chi connectivity index (χ0) is 24.6. The topological polar surface area (TPSA) is 130 Å². The van der Waals surface area contributed by atoms with Crippen LogP contribution in [0.25, 0.3) is 22.4 Å². The van der Waals surface area contributed by atoms with Gasteiger partial charge >= 0.3 is 0 Å². The molecule has 0 aliphatic carbocycles. The number of nitrogens with one attached hydrogen (secondary N) is 2. The lowest BCUT2D eigenvalue weighted by Crippen LogP contribution is -2.14. The van der Waals surface area contributed by atoms with Gasteiger partial charge in [0.25, 0.3) is 10.0 Å². The molecule has 12 heteroatoms. The maximum atomic E-state index is 14.0. The molecular formula is C23H15ClFN5O4S. The van der Waals surface area contributed by atoms with Crippen LogP contribution in [-0.4, -0.2) is 33.7 Å². The van der Waals surface area contributed by atoms with Gasteiger partial charge in [0.1, 0.15) is 27.6 Å². The zero-order valence-corrected chi connectivity index (χ0v) is 19.2. The van der Waals surface area contributed by atoms with Crippen LogP contribution in [-0.2, 0) is 10.0 Å². The molecule has 0 atom stereocenters. The Kier molecular flexibility index (Phi) is 5.71. The number of rotatable bonds is 6. The highest BCUT2D eigenvalue weighted by atomic mass is 35.5. The van der Waals surface area contributed by atoms with Gasteiger partial charge in [-0.25, -0.2) is 17.8 Å². The summed E-state index contributed by atoms with van der Waals surface area (Å²) in [5.41, 5.74) is 1.20. The van der Waals surface area contributed by atoms with Gasteiger partial charge in [-0.3, -0.25) is 9.82 Å². The van der Waals surface area contributed by atoms with Crippen molar-refractivity contribution in [2.24, 2.45) is 0 Å². The first-order valence-corrected chi connectivity index (χ1v) is 11.9. The number of fused-ring (bicyclic) bond motifs is 1. The van der Waals surface area contributed by atoms with E-state index in [1.807, 2.05) is 0 Å². The Morgan fingerprint density at radius 3 is 2.49 bits per heavy atom. The van der Waals surface area contributed by atoms with Crippen molar-refractivity contribution in [2.45, 2.75) is 4.90 Å². The molecule has 0 unspecified atom stereocenters. The molecule has 3 N–H and O–H groups in total. The molecule has 0 fully saturated rings. The fraction of sp³-hybridized carbons (Fsp3) is 0. The molecule has 0 bridgehead atoms. The number of anilines is 1. The molecule has 0 aliphatic rings. The van der Waals surface area contributed by atoms with E-state index in [1.165, 1.54) is 36.5 Å². The van der Waals surface area contributed by atoms with Crippen molar-refractivity contribution in [3.8, 4) is 28.8 Å². The van der Waals surface area contributed by atoms with Gasteiger partial charge in [-0.2, -0.15) is 10.1 Å². The lowest BCUT2D eigenvalue weighted by molar-refractivity contribution is 0.458. The van der Waals surface area contributed by atoms with Crippen LogP contribution in [0.2, 0.25) is 5.02 Å². The van der Waals surface area contributed by atoms with E-state index in [2.05, 4.69) is 24.9 Å². The summed E-state index contributed by atoms with van der Waals surface area (Å²) in [5.74, 6) is 0.174. The minimum atomic E-state index is -4.20. The Balaban J connectivity index is 1.44. The van der Waals surface area contributed by atoms with Crippen LogP contribution in [0, 0.1) is 5.82 Å². The molecular weight excluding hydrogens is 497 g/mol. The van der Waals surface area contributed by atoms with Crippen LogP contribution in [0.4, 0.5) is 10.1 Å². The number of nitrogens with zero attached hydrogens (tertiary/aromatic N) is 3. The molecule has 5 rings (SSSR count). The maximum absolute atomic E-state index is 14.0. The van der Waals surface area contributed by atoms with E-state index < -0.39 is 20.7 Å². The van der Waals surface area contributed by atoms with Gasteiger partial charge in [-0.1, -0.05) is 11.6 Å². The van der Waals surface area contributed by atoms with Gasteiger partial charge in [0.05, 0.1) is 6.20 Å². The lowest BCUT2D eigenvalue weighted by Gasteiger charge is -2.10. The number of ether oxygens (including phenoxy) is 1. The Morgan fingerprint density at radius 2 is 1.74 bits per heavy atom. The third kappa shape index (κ3) is 4.72. The molecule has 35 heavy (non-hydrogen) atoms. The fourth-order valence-electron chi connectivity index (χ4n) is 3.22. The van der Waals surface area contributed by atoms with Gasteiger partial charge in [0, 0.05) is 16.3 Å². The summed E-state index contributed by atoms with van der Waals surface area (Å²) in [4.78, 5) is 8.36. The highest BCUT2D eigenvalue weighted by Crippen LogP contribution is 2.30. The summed E-state index contributed by atoms with van der Waals surface area (Å²) in [7, 11) is -4.20. The molecule has 0 radical (unpaired) electrons. The molecule has 2 aromatic heterocycles. The van der Waals surface area contributed by atoms with Crippen LogP contribution in [0.15, 0.2) is 77.8 Å². The van der Waals surface area contributed by atoms with Crippen molar-refractivity contribution in [2.75, 3.05) is 4.72 Å². The number of phenolic OH excluding ortho intramolecular Hbond substituents is 1. The predicted octanol–water partition coefficient (Wildman–Crippen LogP) is 5.11. The number of aromatic nitrogens is 4. The first kappa shape index (κ1) is 22.6. The van der Waals surface area contributed by atoms with E-state index >= 15 is 0 Å². The number of sulfonamides is 1. The third-order valence-corrected chi connectivity index (χ3v) is 6.54. The highest BCUT2D eigenvalue weighted by molar-refractivity contribution is 7.92. The smallest absolute Gasteiger partial charge is 0.264 e. The van der Waals surface area contributed by atoms with Crippen molar-refractivity contribution in [3.63, 3.8) is 0 Å². The van der Waals surface area contributed by atoms with Gasteiger partial charge < -0.3 is 9.84 Å². The minimum absolute atomic E-state index is 0.0961. The molecule has 0 saturated carbocycles. The summed E-state index contributed by atoms with van der Waals surface area (Å²) >= 11 is 5.82. The second-order valence-electron chi connectivity index (χ2n) is 7.34. The monoisotopic (exact) mass is 511 g/mol. The second-order valence-corrected chi connectivity index (χ2v) is 9.43. The van der Waals surface area contributed by atoms with Crippen LogP contribution in [0.1, 0.15) is 0 Å². The van der Waals surface area contributed by atoms with Crippen LogP contribution < -0.4 is 9.46 Å². The Bertz CT molecular complexity index is 1640. The minimum Gasteiger partial charge on any atom is -0.508 e. The van der Waals surface area contributed by atoms with Crippen molar-refractivity contribution in [1.29, 1.82) is 0 Å². The molecule has 3 aromatic carbocycles. The SMILES string of the molecule is O=S(=O)(Nc1ccc(-c2nc(Oc3ccc(O)cc3)c3cn[nH]c3n2)cc1)c1cc(Cl)ccc1F. The van der Waals surface area contributed by atoms with E-state index in [0.29, 0.717) is 28.2 Å². The Hall–Kier alpha value is -4.22. The molecule has 176 valence electrons. The quantitative estimate of drug-likeness (QED) is 0.289. The highest BCUT2D eigenvalue weighted by Gasteiger charge is 2.20. The van der Waals surface area contributed by atoms with Crippen molar-refractivity contribution >= 4 is 38.3 Å². The molecule has 0 amide bonds. The van der Waals surface area contributed by atoms with E-state index in [-0.39, 0.29) is 22.3 Å². The number of hydrogen-bond acceptors (Lipinski definition) is 7. The number of aromatic amines is 1. The number of aromatic hydroxyl groups is 1. The van der Waals surface area contributed by atoms with E-state index in [4.69, 9.17) is 16.3 Å². The molecule has 0 aliphatic heterocycles. The van der Waals surface area contributed by atoms with Gasteiger partial charge in [0.2, 0.25) is 5.88 Å². The Labute approximate surface area is 203 Å². The summed E-state index contributed by atoms with van der Waals surface area (Å²) in [6, 6.07) is 15.6. The molecule has 5 aromatic rings. The first-order chi connectivity index (χ1) is 16.8. The van der Waals surface area contributed by atoms with Crippen molar-refractivity contribution in [3.05, 3.63) is 83.8 Å². The summed E-state index contributed by atoms with van der Waals surface area (Å²) < 4.78 is 47.5. The number of hydrogen-bond donors (Lipinski definition) is 3. The van der Waals surface area contributed by atoms with Crippen molar-refractivity contribution in [1.82, 2.24) is 20.2 Å². The third-order valence-electron chi connectivity index (χ3n) is 4.90. The maximum Gasteiger partial charge on any atom is 0.264 e. The van der Waals surface area contributed by atoms with E-state index in [9.17, 15) is 17.9 Å². The van der Waals surface area contributed by atoms with Gasteiger partial charge in [0.15, 0.2) is 11.5 Å². The predicted molar refractivity (Wildman–Crippen MR) is 128 cm³/mol. The summed E-state index contributed by atoms with van der Waals surface area (Å²) in [6.45, 7) is 0. The first-order valence-electron chi connectivity index (χ1n) is 10.0.